The monoisotopic (exact) mass is 374 g/mol. The van der Waals surface area contributed by atoms with Crippen LogP contribution in [0, 0.1) is 5.82 Å². The number of amides is 2. The van der Waals surface area contributed by atoms with E-state index < -0.39 is 30.2 Å². The number of esters is 1. The van der Waals surface area contributed by atoms with E-state index in [9.17, 15) is 18.8 Å². The van der Waals surface area contributed by atoms with E-state index in [4.69, 9.17) is 15.6 Å². The van der Waals surface area contributed by atoms with Gasteiger partial charge in [-0.25, -0.2) is 9.18 Å². The Labute approximate surface area is 155 Å². The minimum atomic E-state index is -0.707. The Hall–Kier alpha value is -3.26. The summed E-state index contributed by atoms with van der Waals surface area (Å²) in [6.07, 6.45) is -0.0975. The van der Waals surface area contributed by atoms with Gasteiger partial charge >= 0.3 is 5.97 Å². The Morgan fingerprint density at radius 1 is 1.04 bits per heavy atom. The lowest BCUT2D eigenvalue weighted by atomic mass is 10.1. The van der Waals surface area contributed by atoms with Crippen molar-refractivity contribution in [3.8, 4) is 0 Å². The predicted octanol–water partition coefficient (Wildman–Crippen LogP) is 1.38. The first-order valence-corrected chi connectivity index (χ1v) is 8.12. The average molecular weight is 374 g/mol. The molecule has 0 unspecified atom stereocenters. The second-order valence-corrected chi connectivity index (χ2v) is 5.67. The molecule has 8 heteroatoms. The largest absolute Gasteiger partial charge is 0.452 e. The number of hydrogen-bond acceptors (Lipinski definition) is 5. The molecule has 0 aromatic heterocycles. The van der Waals surface area contributed by atoms with Crippen molar-refractivity contribution in [1.82, 2.24) is 0 Å². The highest BCUT2D eigenvalue weighted by atomic mass is 19.1. The Morgan fingerprint density at radius 3 is 2.22 bits per heavy atom. The second kappa shape index (κ2) is 9.44. The van der Waals surface area contributed by atoms with Crippen LogP contribution >= 0.6 is 0 Å². The SMILES string of the molecule is NC(=O)CCN(C(=O)COC(=O)c1ccc(CO)cc1)c1ccc(F)cc1. The summed E-state index contributed by atoms with van der Waals surface area (Å²) in [5.74, 6) is -2.36. The van der Waals surface area contributed by atoms with Crippen LogP contribution in [0.25, 0.3) is 0 Å². The first-order valence-electron chi connectivity index (χ1n) is 8.12. The molecule has 0 aliphatic carbocycles. The van der Waals surface area contributed by atoms with Gasteiger partial charge in [0.05, 0.1) is 12.2 Å². The number of rotatable bonds is 8. The van der Waals surface area contributed by atoms with Gasteiger partial charge in [-0.1, -0.05) is 12.1 Å². The van der Waals surface area contributed by atoms with Crippen molar-refractivity contribution in [2.45, 2.75) is 13.0 Å². The summed E-state index contributed by atoms with van der Waals surface area (Å²) in [5.41, 5.74) is 6.34. The molecular weight excluding hydrogens is 355 g/mol. The van der Waals surface area contributed by atoms with Gasteiger partial charge in [-0.15, -0.1) is 0 Å². The van der Waals surface area contributed by atoms with Crippen molar-refractivity contribution >= 4 is 23.5 Å². The predicted molar refractivity (Wildman–Crippen MR) is 95.2 cm³/mol. The van der Waals surface area contributed by atoms with Crippen LogP contribution in [0.1, 0.15) is 22.3 Å². The molecule has 2 aromatic rings. The van der Waals surface area contributed by atoms with E-state index >= 15 is 0 Å². The number of aliphatic hydroxyl groups excluding tert-OH is 1. The zero-order valence-corrected chi connectivity index (χ0v) is 14.4. The van der Waals surface area contributed by atoms with Crippen LogP contribution < -0.4 is 10.6 Å². The number of halogens is 1. The Morgan fingerprint density at radius 2 is 1.67 bits per heavy atom. The number of hydrogen-bond donors (Lipinski definition) is 2. The van der Waals surface area contributed by atoms with E-state index in [1.165, 1.54) is 41.3 Å². The Kier molecular flexibility index (Phi) is 7.01. The lowest BCUT2D eigenvalue weighted by molar-refractivity contribution is -0.121. The fourth-order valence-corrected chi connectivity index (χ4v) is 2.28. The molecule has 0 atom stereocenters. The maximum Gasteiger partial charge on any atom is 0.338 e. The van der Waals surface area contributed by atoms with E-state index in [1.807, 2.05) is 0 Å². The number of benzene rings is 2. The highest BCUT2D eigenvalue weighted by Gasteiger charge is 2.19. The summed E-state index contributed by atoms with van der Waals surface area (Å²) in [7, 11) is 0. The number of nitrogens with two attached hydrogens (primary N) is 1. The van der Waals surface area contributed by atoms with Gasteiger partial charge in [0.2, 0.25) is 5.91 Å². The first-order chi connectivity index (χ1) is 12.9. The molecule has 2 amide bonds. The molecule has 2 rings (SSSR count). The van der Waals surface area contributed by atoms with Crippen LogP contribution in [-0.2, 0) is 20.9 Å². The van der Waals surface area contributed by atoms with Crippen LogP contribution in [0.15, 0.2) is 48.5 Å². The maximum atomic E-state index is 13.1. The molecule has 0 heterocycles. The second-order valence-electron chi connectivity index (χ2n) is 5.67. The van der Waals surface area contributed by atoms with Gasteiger partial charge in [-0.3, -0.25) is 9.59 Å². The fourth-order valence-electron chi connectivity index (χ4n) is 2.28. The van der Waals surface area contributed by atoms with E-state index in [1.54, 1.807) is 12.1 Å². The average Bonchev–Trinajstić information content (AvgIpc) is 2.67. The van der Waals surface area contributed by atoms with Crippen molar-refractivity contribution in [3.63, 3.8) is 0 Å². The summed E-state index contributed by atoms with van der Waals surface area (Å²) in [6.45, 7) is -0.737. The van der Waals surface area contributed by atoms with Gasteiger partial charge < -0.3 is 20.5 Å². The van der Waals surface area contributed by atoms with Gasteiger partial charge in [0, 0.05) is 18.7 Å². The molecule has 0 bridgehead atoms. The summed E-state index contributed by atoms with van der Waals surface area (Å²) in [6, 6.07) is 11.2. The molecule has 3 N–H and O–H groups in total. The molecule has 0 aliphatic rings. The number of aliphatic hydroxyl groups is 1. The zero-order chi connectivity index (χ0) is 19.8. The number of primary amides is 1. The van der Waals surface area contributed by atoms with E-state index in [-0.39, 0.29) is 25.1 Å². The standard InChI is InChI=1S/C19H19FN2O5/c20-15-5-7-16(8-6-15)22(10-9-17(21)24)18(25)12-27-19(26)14-3-1-13(11-23)2-4-14/h1-8,23H,9-12H2,(H2,21,24). The highest BCUT2D eigenvalue weighted by Crippen LogP contribution is 2.16. The smallest absolute Gasteiger partial charge is 0.338 e. The summed E-state index contributed by atoms with van der Waals surface area (Å²) >= 11 is 0. The van der Waals surface area contributed by atoms with E-state index in [2.05, 4.69) is 0 Å². The molecule has 0 saturated heterocycles. The fraction of sp³-hybridized carbons (Fsp3) is 0.211. The lowest BCUT2D eigenvalue weighted by Gasteiger charge is -2.22. The van der Waals surface area contributed by atoms with Crippen molar-refractivity contribution in [2.24, 2.45) is 5.73 Å². The quantitative estimate of drug-likeness (QED) is 0.679. The molecule has 142 valence electrons. The number of ether oxygens (including phenoxy) is 1. The van der Waals surface area contributed by atoms with Crippen LogP contribution in [0.4, 0.5) is 10.1 Å². The maximum absolute atomic E-state index is 13.1. The lowest BCUT2D eigenvalue weighted by Crippen LogP contribution is -2.37. The molecule has 7 nitrogen and oxygen atoms in total. The topological polar surface area (TPSA) is 110 Å². The molecular formula is C19H19FN2O5. The van der Waals surface area contributed by atoms with E-state index in [0.717, 1.165) is 0 Å². The first kappa shape index (κ1) is 20.1. The van der Waals surface area contributed by atoms with E-state index in [0.29, 0.717) is 11.3 Å². The molecule has 0 fully saturated rings. The molecule has 0 spiro atoms. The Bertz CT molecular complexity index is 806. The van der Waals surface area contributed by atoms with Crippen LogP contribution in [0.5, 0.6) is 0 Å². The van der Waals surface area contributed by atoms with Crippen LogP contribution in [0.3, 0.4) is 0 Å². The van der Waals surface area contributed by atoms with Gasteiger partial charge in [0.1, 0.15) is 5.82 Å². The summed E-state index contributed by atoms with van der Waals surface area (Å²) in [4.78, 5) is 36.7. The minimum Gasteiger partial charge on any atom is -0.452 e. The van der Waals surface area contributed by atoms with Gasteiger partial charge in [-0.05, 0) is 42.0 Å². The summed E-state index contributed by atoms with van der Waals surface area (Å²) in [5, 5.41) is 9.00. The Balaban J connectivity index is 2.04. The van der Waals surface area contributed by atoms with Gasteiger partial charge in [0.25, 0.3) is 5.91 Å². The van der Waals surface area contributed by atoms with Crippen LogP contribution in [0.2, 0.25) is 0 Å². The normalized spacial score (nSPS) is 10.3. The molecule has 2 aromatic carbocycles. The van der Waals surface area contributed by atoms with Crippen LogP contribution in [-0.4, -0.2) is 36.0 Å². The third kappa shape index (κ3) is 5.89. The zero-order valence-electron chi connectivity index (χ0n) is 14.4. The number of anilines is 1. The van der Waals surface area contributed by atoms with Crippen molar-refractivity contribution in [3.05, 3.63) is 65.5 Å². The molecule has 0 radical (unpaired) electrons. The number of carbonyl (C=O) groups is 3. The van der Waals surface area contributed by atoms with Gasteiger partial charge in [-0.2, -0.15) is 0 Å². The molecule has 0 saturated carbocycles. The summed E-state index contributed by atoms with van der Waals surface area (Å²) < 4.78 is 18.1. The highest BCUT2D eigenvalue weighted by molar-refractivity contribution is 5.97. The van der Waals surface area contributed by atoms with Crippen molar-refractivity contribution in [2.75, 3.05) is 18.1 Å². The third-order valence-electron chi connectivity index (χ3n) is 3.72. The number of carbonyl (C=O) groups excluding carboxylic acids is 3. The number of nitrogens with zero attached hydrogens (tertiary/aromatic N) is 1. The van der Waals surface area contributed by atoms with Gasteiger partial charge in [0.15, 0.2) is 6.61 Å². The molecule has 0 aliphatic heterocycles. The third-order valence-corrected chi connectivity index (χ3v) is 3.72. The minimum absolute atomic E-state index is 0.0253. The van der Waals surface area contributed by atoms with Crippen molar-refractivity contribution < 1.29 is 28.6 Å². The molecule has 27 heavy (non-hydrogen) atoms. The van der Waals surface area contributed by atoms with Crippen molar-refractivity contribution in [1.29, 1.82) is 0 Å².